The molecule has 1 saturated heterocycles. The molecule has 5 heteroatoms. The van der Waals surface area contributed by atoms with Gasteiger partial charge in [0.15, 0.2) is 0 Å². The molecule has 0 spiro atoms. The fraction of sp³-hybridized carbons (Fsp3) is 0.533. The summed E-state index contributed by atoms with van der Waals surface area (Å²) in [5, 5.41) is 8.93. The molecule has 1 aliphatic rings. The third-order valence-corrected chi connectivity index (χ3v) is 3.82. The summed E-state index contributed by atoms with van der Waals surface area (Å²) >= 11 is 0. The van der Waals surface area contributed by atoms with Gasteiger partial charge < -0.3 is 20.5 Å². The molecule has 0 aliphatic carbocycles. The van der Waals surface area contributed by atoms with Crippen molar-refractivity contribution in [3.05, 3.63) is 23.8 Å². The maximum Gasteiger partial charge on any atom is 0.256 e. The van der Waals surface area contributed by atoms with Gasteiger partial charge in [-0.3, -0.25) is 4.79 Å². The van der Waals surface area contributed by atoms with Gasteiger partial charge >= 0.3 is 0 Å². The summed E-state index contributed by atoms with van der Waals surface area (Å²) in [5.41, 5.74) is 6.92. The maximum atomic E-state index is 12.6. The molecular formula is C15H22N2O3. The normalized spacial score (nSPS) is 18.3. The standard InChI is InChI=1S/C15H22N2O3/c1-20-12-6-7-13(14(16)10-12)15(19)17-8-2-4-11(17)5-3-9-18/h6-7,10-11,18H,2-5,8-9,16H2,1H3. The van der Waals surface area contributed by atoms with Gasteiger partial charge in [-0.1, -0.05) is 0 Å². The van der Waals surface area contributed by atoms with E-state index in [1.54, 1.807) is 25.3 Å². The van der Waals surface area contributed by atoms with Gasteiger partial charge in [0.05, 0.1) is 12.7 Å². The third kappa shape index (κ3) is 3.04. The first-order valence-electron chi connectivity index (χ1n) is 7.02. The number of nitrogen functional groups attached to an aromatic ring is 1. The highest BCUT2D eigenvalue weighted by Gasteiger charge is 2.29. The number of carbonyl (C=O) groups is 1. The zero-order valence-electron chi connectivity index (χ0n) is 11.8. The molecular weight excluding hydrogens is 256 g/mol. The zero-order valence-corrected chi connectivity index (χ0v) is 11.8. The van der Waals surface area contributed by atoms with Crippen molar-refractivity contribution in [2.75, 3.05) is 26.0 Å². The summed E-state index contributed by atoms with van der Waals surface area (Å²) in [6.45, 7) is 0.934. The smallest absolute Gasteiger partial charge is 0.256 e. The van der Waals surface area contributed by atoms with Crippen LogP contribution >= 0.6 is 0 Å². The van der Waals surface area contributed by atoms with Gasteiger partial charge in [-0.2, -0.15) is 0 Å². The highest BCUT2D eigenvalue weighted by atomic mass is 16.5. The van der Waals surface area contributed by atoms with E-state index in [9.17, 15) is 4.79 Å². The first kappa shape index (κ1) is 14.7. The largest absolute Gasteiger partial charge is 0.497 e. The zero-order chi connectivity index (χ0) is 14.5. The maximum absolute atomic E-state index is 12.6. The quantitative estimate of drug-likeness (QED) is 0.803. The van der Waals surface area contributed by atoms with E-state index in [0.717, 1.165) is 32.2 Å². The number of likely N-dealkylation sites (tertiary alicyclic amines) is 1. The average Bonchev–Trinajstić information content (AvgIpc) is 2.92. The Balaban J connectivity index is 2.13. The topological polar surface area (TPSA) is 75.8 Å². The van der Waals surface area contributed by atoms with Gasteiger partial charge in [-0.15, -0.1) is 0 Å². The van der Waals surface area contributed by atoms with Gasteiger partial charge in [0.25, 0.3) is 5.91 Å². The van der Waals surface area contributed by atoms with Crippen molar-refractivity contribution >= 4 is 11.6 Å². The lowest BCUT2D eigenvalue weighted by molar-refractivity contribution is 0.0725. The van der Waals surface area contributed by atoms with Gasteiger partial charge in [-0.05, 0) is 37.8 Å². The SMILES string of the molecule is COc1ccc(C(=O)N2CCCC2CCCO)c(N)c1. The van der Waals surface area contributed by atoms with Crippen LogP contribution in [0.5, 0.6) is 5.75 Å². The van der Waals surface area contributed by atoms with E-state index in [1.165, 1.54) is 0 Å². The van der Waals surface area contributed by atoms with Crippen molar-refractivity contribution in [1.29, 1.82) is 0 Å². The summed E-state index contributed by atoms with van der Waals surface area (Å²) < 4.78 is 5.10. The van der Waals surface area contributed by atoms with E-state index in [2.05, 4.69) is 0 Å². The lowest BCUT2D eigenvalue weighted by Gasteiger charge is -2.25. The van der Waals surface area contributed by atoms with Crippen LogP contribution in [0.4, 0.5) is 5.69 Å². The number of nitrogens with zero attached hydrogens (tertiary/aromatic N) is 1. The molecule has 1 atom stereocenters. The van der Waals surface area contributed by atoms with E-state index in [0.29, 0.717) is 17.0 Å². The Kier molecular flexibility index (Phi) is 4.84. The number of amides is 1. The predicted molar refractivity (Wildman–Crippen MR) is 77.8 cm³/mol. The first-order valence-corrected chi connectivity index (χ1v) is 7.02. The Hall–Kier alpha value is -1.75. The lowest BCUT2D eigenvalue weighted by Crippen LogP contribution is -2.36. The number of carbonyl (C=O) groups excluding carboxylic acids is 1. The monoisotopic (exact) mass is 278 g/mol. The third-order valence-electron chi connectivity index (χ3n) is 3.82. The molecule has 1 aliphatic heterocycles. The molecule has 1 amide bonds. The van der Waals surface area contributed by atoms with Crippen molar-refractivity contribution < 1.29 is 14.6 Å². The number of ether oxygens (including phenoxy) is 1. The molecule has 1 aromatic carbocycles. The molecule has 2 rings (SSSR count). The van der Waals surface area contributed by atoms with Crippen LogP contribution < -0.4 is 10.5 Å². The molecule has 1 unspecified atom stereocenters. The second-order valence-electron chi connectivity index (χ2n) is 5.11. The van der Waals surface area contributed by atoms with Gasteiger partial charge in [0.2, 0.25) is 0 Å². The summed E-state index contributed by atoms with van der Waals surface area (Å²) in [6.07, 6.45) is 3.59. The second kappa shape index (κ2) is 6.61. The number of nitrogens with two attached hydrogens (primary N) is 1. The van der Waals surface area contributed by atoms with Crippen LogP contribution in [0.3, 0.4) is 0 Å². The average molecular weight is 278 g/mol. The van der Waals surface area contributed by atoms with Gasteiger partial charge in [-0.25, -0.2) is 0 Å². The lowest BCUT2D eigenvalue weighted by atomic mass is 10.1. The second-order valence-corrected chi connectivity index (χ2v) is 5.11. The van der Waals surface area contributed by atoms with Crippen LogP contribution in [0.1, 0.15) is 36.0 Å². The fourth-order valence-corrected chi connectivity index (χ4v) is 2.75. The number of hydrogen-bond donors (Lipinski definition) is 2. The van der Waals surface area contributed by atoms with Crippen molar-refractivity contribution in [2.24, 2.45) is 0 Å². The molecule has 0 radical (unpaired) electrons. The number of benzene rings is 1. The van der Waals surface area contributed by atoms with E-state index in [-0.39, 0.29) is 18.6 Å². The number of anilines is 1. The summed E-state index contributed by atoms with van der Waals surface area (Å²) in [5.74, 6) is 0.628. The Morgan fingerprint density at radius 1 is 1.55 bits per heavy atom. The Morgan fingerprint density at radius 2 is 2.35 bits per heavy atom. The summed E-state index contributed by atoms with van der Waals surface area (Å²) in [6, 6.07) is 5.36. The van der Waals surface area contributed by atoms with Crippen LogP contribution in [0, 0.1) is 0 Å². The summed E-state index contributed by atoms with van der Waals surface area (Å²) in [4.78, 5) is 14.5. The Bertz CT molecular complexity index is 476. The molecule has 3 N–H and O–H groups in total. The van der Waals surface area contributed by atoms with Crippen molar-refractivity contribution in [3.8, 4) is 5.75 Å². The molecule has 0 aromatic heterocycles. The Morgan fingerprint density at radius 3 is 3.00 bits per heavy atom. The molecule has 20 heavy (non-hydrogen) atoms. The van der Waals surface area contributed by atoms with Crippen LogP contribution in [-0.2, 0) is 0 Å². The molecule has 110 valence electrons. The van der Waals surface area contributed by atoms with E-state index in [1.807, 2.05) is 4.90 Å². The van der Waals surface area contributed by atoms with Crippen LogP contribution in [0.25, 0.3) is 0 Å². The first-order chi connectivity index (χ1) is 9.67. The molecule has 1 aromatic rings. The summed E-state index contributed by atoms with van der Waals surface area (Å²) in [7, 11) is 1.57. The Labute approximate surface area is 119 Å². The predicted octanol–water partition coefficient (Wildman–Crippen LogP) is 1.65. The fourth-order valence-electron chi connectivity index (χ4n) is 2.75. The van der Waals surface area contributed by atoms with Crippen molar-refractivity contribution in [2.45, 2.75) is 31.7 Å². The minimum atomic E-state index is -0.0226. The highest BCUT2D eigenvalue weighted by Crippen LogP contribution is 2.27. The van der Waals surface area contributed by atoms with Crippen LogP contribution in [-0.4, -0.2) is 42.2 Å². The molecule has 5 nitrogen and oxygen atoms in total. The van der Waals surface area contributed by atoms with E-state index in [4.69, 9.17) is 15.6 Å². The molecule has 0 bridgehead atoms. The van der Waals surface area contributed by atoms with E-state index < -0.39 is 0 Å². The van der Waals surface area contributed by atoms with Crippen molar-refractivity contribution in [1.82, 2.24) is 4.90 Å². The minimum absolute atomic E-state index is 0.0226. The number of rotatable bonds is 5. The number of methoxy groups -OCH3 is 1. The van der Waals surface area contributed by atoms with E-state index >= 15 is 0 Å². The number of aliphatic hydroxyl groups is 1. The van der Waals surface area contributed by atoms with Gasteiger partial charge in [0, 0.05) is 30.9 Å². The van der Waals surface area contributed by atoms with Gasteiger partial charge in [0.1, 0.15) is 5.75 Å². The van der Waals surface area contributed by atoms with Crippen LogP contribution in [0.15, 0.2) is 18.2 Å². The number of aliphatic hydroxyl groups excluding tert-OH is 1. The number of hydrogen-bond acceptors (Lipinski definition) is 4. The molecule has 0 saturated carbocycles. The van der Waals surface area contributed by atoms with Crippen molar-refractivity contribution in [3.63, 3.8) is 0 Å². The molecule has 1 fully saturated rings. The van der Waals surface area contributed by atoms with Crippen LogP contribution in [0.2, 0.25) is 0 Å². The highest BCUT2D eigenvalue weighted by molar-refractivity contribution is 5.99. The molecule has 1 heterocycles. The minimum Gasteiger partial charge on any atom is -0.497 e.